The van der Waals surface area contributed by atoms with Crippen LogP contribution >= 0.6 is 11.6 Å². The molecule has 3 N–H and O–H groups in total. The number of fused-ring (bicyclic) bond motifs is 1. The average Bonchev–Trinajstić information content (AvgIpc) is 2.87. The molecule has 0 fully saturated rings. The van der Waals surface area contributed by atoms with Crippen LogP contribution in [0, 0.1) is 0 Å². The van der Waals surface area contributed by atoms with Crippen molar-refractivity contribution in [3.8, 4) is 0 Å². The lowest BCUT2D eigenvalue weighted by atomic mass is 10.1. The van der Waals surface area contributed by atoms with Crippen molar-refractivity contribution in [3.05, 3.63) is 31.9 Å². The third-order valence-electron chi connectivity index (χ3n) is 4.02. The highest BCUT2D eigenvalue weighted by Crippen LogP contribution is 2.36. The number of halogens is 1. The molecule has 0 spiro atoms. The zero-order valence-electron chi connectivity index (χ0n) is 13.3. The maximum absolute atomic E-state index is 12.1. The topological polar surface area (TPSA) is 82.2 Å². The molecule has 0 amide bonds. The molecule has 0 aliphatic carbocycles. The van der Waals surface area contributed by atoms with E-state index >= 15 is 0 Å². The summed E-state index contributed by atoms with van der Waals surface area (Å²) in [7, 11) is 1.61. The summed E-state index contributed by atoms with van der Waals surface area (Å²) in [5, 5.41) is 7.20. The van der Waals surface area contributed by atoms with E-state index in [9.17, 15) is 9.59 Å². The molecule has 2 heterocycles. The van der Waals surface area contributed by atoms with Crippen LogP contribution in [0.15, 0.2) is 20.7 Å². The van der Waals surface area contributed by atoms with Crippen LogP contribution in [0.3, 0.4) is 0 Å². The van der Waals surface area contributed by atoms with Crippen LogP contribution in [0.2, 0.25) is 0 Å². The maximum Gasteiger partial charge on any atom is 0.329 e. The third kappa shape index (κ3) is 2.66. The number of allylic oxidation sites excluding steroid dienone is 1. The Balaban J connectivity index is 2.56. The lowest BCUT2D eigenvalue weighted by Crippen LogP contribution is -2.57. The van der Waals surface area contributed by atoms with Crippen molar-refractivity contribution in [1.29, 1.82) is 0 Å². The minimum atomic E-state index is -0.728. The molecule has 1 aliphatic rings. The summed E-state index contributed by atoms with van der Waals surface area (Å²) in [5.41, 5.74) is -0.531. The van der Waals surface area contributed by atoms with Gasteiger partial charge in [0.15, 0.2) is 5.79 Å². The molecule has 1 aromatic heterocycles. The van der Waals surface area contributed by atoms with E-state index in [1.807, 2.05) is 26.8 Å². The normalized spacial score (nSPS) is 20.7. The molecule has 8 heteroatoms. The zero-order chi connectivity index (χ0) is 16.5. The van der Waals surface area contributed by atoms with Crippen LogP contribution in [-0.2, 0) is 7.05 Å². The van der Waals surface area contributed by atoms with Crippen LogP contribution in [0.5, 0.6) is 0 Å². The maximum atomic E-state index is 12.1. The molecule has 0 saturated heterocycles. The van der Waals surface area contributed by atoms with Crippen LogP contribution in [0.4, 0.5) is 11.5 Å². The number of hydrogen-bond acceptors (Lipinski definition) is 5. The first-order valence-electron chi connectivity index (χ1n) is 7.34. The van der Waals surface area contributed by atoms with Gasteiger partial charge in [-0.3, -0.25) is 19.2 Å². The number of nitrogens with one attached hydrogen (secondary N) is 3. The molecular weight excluding hydrogens is 306 g/mol. The number of rotatable bonds is 5. The summed E-state index contributed by atoms with van der Waals surface area (Å²) < 4.78 is 1.39. The molecule has 1 aromatic rings. The van der Waals surface area contributed by atoms with Gasteiger partial charge in [-0.15, -0.1) is 0 Å². The quantitative estimate of drug-likeness (QED) is 0.762. The first kappa shape index (κ1) is 16.6. The summed E-state index contributed by atoms with van der Waals surface area (Å²) in [6, 6.07) is 0. The van der Waals surface area contributed by atoms with E-state index in [2.05, 4.69) is 20.5 Å². The Kier molecular flexibility index (Phi) is 4.67. The number of nitrogens with zero attached hydrogens (tertiary/aromatic N) is 2. The molecule has 122 valence electrons. The molecule has 7 nitrogen and oxygen atoms in total. The molecule has 2 rings (SSSR count). The van der Waals surface area contributed by atoms with E-state index in [1.165, 1.54) is 4.57 Å². The van der Waals surface area contributed by atoms with E-state index in [0.29, 0.717) is 23.0 Å². The fourth-order valence-electron chi connectivity index (χ4n) is 2.78. The average molecular weight is 328 g/mol. The predicted molar refractivity (Wildman–Crippen MR) is 89.4 cm³/mol. The second-order valence-corrected chi connectivity index (χ2v) is 5.72. The Bertz CT molecular complexity index is 704. The lowest BCUT2D eigenvalue weighted by Gasteiger charge is -2.40. The molecule has 0 saturated carbocycles. The summed E-state index contributed by atoms with van der Waals surface area (Å²) in [6.07, 6.45) is 2.29. The SMILES string of the molecule is C/C=C(\Cl)CC1(N(CC)CC)Nc2c(n(C)c(=O)[nH]c2=O)N1. The minimum absolute atomic E-state index is 0.356. The van der Waals surface area contributed by atoms with Gasteiger partial charge < -0.3 is 10.6 Å². The van der Waals surface area contributed by atoms with E-state index < -0.39 is 17.0 Å². The largest absolute Gasteiger partial charge is 0.342 e. The number of anilines is 2. The molecule has 0 radical (unpaired) electrons. The first-order chi connectivity index (χ1) is 10.4. The third-order valence-corrected chi connectivity index (χ3v) is 4.37. The van der Waals surface area contributed by atoms with Gasteiger partial charge in [0.05, 0.1) is 0 Å². The van der Waals surface area contributed by atoms with Crippen LogP contribution in [0.25, 0.3) is 0 Å². The van der Waals surface area contributed by atoms with Crippen molar-refractivity contribution >= 4 is 23.1 Å². The van der Waals surface area contributed by atoms with Gasteiger partial charge in [0.2, 0.25) is 0 Å². The van der Waals surface area contributed by atoms with Gasteiger partial charge in [0.25, 0.3) is 5.56 Å². The van der Waals surface area contributed by atoms with Crippen molar-refractivity contribution in [2.24, 2.45) is 7.05 Å². The first-order valence-corrected chi connectivity index (χ1v) is 7.71. The Morgan fingerprint density at radius 1 is 1.32 bits per heavy atom. The van der Waals surface area contributed by atoms with Gasteiger partial charge in [-0.1, -0.05) is 31.5 Å². The van der Waals surface area contributed by atoms with Gasteiger partial charge in [0, 0.05) is 18.5 Å². The Hall–Kier alpha value is -1.73. The van der Waals surface area contributed by atoms with Crippen LogP contribution in [0.1, 0.15) is 27.2 Å². The monoisotopic (exact) mass is 327 g/mol. The van der Waals surface area contributed by atoms with E-state index in [0.717, 1.165) is 13.1 Å². The Morgan fingerprint density at radius 3 is 2.50 bits per heavy atom. The van der Waals surface area contributed by atoms with Gasteiger partial charge >= 0.3 is 5.69 Å². The summed E-state index contributed by atoms with van der Waals surface area (Å²) >= 11 is 6.25. The van der Waals surface area contributed by atoms with Crippen molar-refractivity contribution in [2.45, 2.75) is 33.0 Å². The highest BCUT2D eigenvalue weighted by atomic mass is 35.5. The fourth-order valence-corrected chi connectivity index (χ4v) is 2.98. The molecule has 1 aliphatic heterocycles. The number of hydrogen-bond donors (Lipinski definition) is 3. The van der Waals surface area contributed by atoms with Crippen LogP contribution < -0.4 is 21.9 Å². The van der Waals surface area contributed by atoms with Gasteiger partial charge in [-0.25, -0.2) is 4.79 Å². The lowest BCUT2D eigenvalue weighted by molar-refractivity contribution is 0.158. The van der Waals surface area contributed by atoms with E-state index in [-0.39, 0.29) is 0 Å². The van der Waals surface area contributed by atoms with Gasteiger partial charge in [-0.05, 0) is 20.0 Å². The second kappa shape index (κ2) is 6.18. The van der Waals surface area contributed by atoms with Crippen LogP contribution in [-0.4, -0.2) is 33.3 Å². The second-order valence-electron chi connectivity index (χ2n) is 5.24. The predicted octanol–water partition coefficient (Wildman–Crippen LogP) is 1.44. The molecule has 0 bridgehead atoms. The summed E-state index contributed by atoms with van der Waals surface area (Å²) in [6.45, 7) is 7.44. The summed E-state index contributed by atoms with van der Waals surface area (Å²) in [5.74, 6) is -0.255. The smallest absolute Gasteiger partial charge is 0.329 e. The fraction of sp³-hybridized carbons (Fsp3) is 0.571. The Labute approximate surface area is 134 Å². The van der Waals surface area contributed by atoms with E-state index in [1.54, 1.807) is 7.05 Å². The van der Waals surface area contributed by atoms with Crippen molar-refractivity contribution in [3.63, 3.8) is 0 Å². The summed E-state index contributed by atoms with van der Waals surface area (Å²) in [4.78, 5) is 28.3. The van der Waals surface area contributed by atoms with Gasteiger partial charge in [0.1, 0.15) is 11.5 Å². The van der Waals surface area contributed by atoms with Crippen molar-refractivity contribution < 1.29 is 0 Å². The molecule has 1 unspecified atom stereocenters. The van der Waals surface area contributed by atoms with Crippen molar-refractivity contribution in [1.82, 2.24) is 14.5 Å². The standard InChI is InChI=1S/C14H22ClN5O2/c1-5-9(15)8-14(20(6-2)7-3)17-10-11(18-14)19(4)13(22)16-12(10)21/h5,17-18H,6-8H2,1-4H3,(H,16,21,22)/b9-5-. The zero-order valence-corrected chi connectivity index (χ0v) is 14.0. The highest BCUT2D eigenvalue weighted by molar-refractivity contribution is 6.29. The van der Waals surface area contributed by atoms with Gasteiger partial charge in [-0.2, -0.15) is 0 Å². The molecule has 1 atom stereocenters. The minimum Gasteiger partial charge on any atom is -0.342 e. The Morgan fingerprint density at radius 2 is 1.95 bits per heavy atom. The number of aromatic amines is 1. The van der Waals surface area contributed by atoms with Crippen molar-refractivity contribution in [2.75, 3.05) is 23.7 Å². The molecule has 22 heavy (non-hydrogen) atoms. The molecular formula is C14H22ClN5O2. The van der Waals surface area contributed by atoms with E-state index in [4.69, 9.17) is 11.6 Å². The number of H-pyrrole nitrogens is 1. The molecule has 0 aromatic carbocycles. The number of aromatic nitrogens is 2. The highest BCUT2D eigenvalue weighted by Gasteiger charge is 2.43.